The number of aryl methyl sites for hydroxylation is 1. The van der Waals surface area contributed by atoms with E-state index in [1.54, 1.807) is 25.2 Å². The summed E-state index contributed by atoms with van der Waals surface area (Å²) in [6, 6.07) is 9.51. The summed E-state index contributed by atoms with van der Waals surface area (Å²) in [6.45, 7) is 0.134. The van der Waals surface area contributed by atoms with E-state index in [0.29, 0.717) is 17.2 Å². The minimum absolute atomic E-state index is 0.0297. The van der Waals surface area contributed by atoms with E-state index in [9.17, 15) is 13.6 Å². The molecule has 1 aliphatic heterocycles. The van der Waals surface area contributed by atoms with E-state index in [2.05, 4.69) is 10.4 Å². The van der Waals surface area contributed by atoms with Crippen LogP contribution in [0.25, 0.3) is 11.3 Å². The summed E-state index contributed by atoms with van der Waals surface area (Å²) < 4.78 is 39.2. The maximum Gasteiger partial charge on any atom is 0.276 e. The lowest BCUT2D eigenvalue weighted by Crippen LogP contribution is -2.12. The summed E-state index contributed by atoms with van der Waals surface area (Å²) in [5, 5.41) is 6.77. The van der Waals surface area contributed by atoms with Gasteiger partial charge in [0.15, 0.2) is 17.2 Å². The first kappa shape index (κ1) is 16.1. The van der Waals surface area contributed by atoms with Crippen molar-refractivity contribution in [2.45, 2.75) is 0 Å². The van der Waals surface area contributed by atoms with Crippen LogP contribution in [0, 0.1) is 11.6 Å². The summed E-state index contributed by atoms with van der Waals surface area (Å²) >= 11 is 0. The fraction of sp³-hybridized carbons (Fsp3) is 0.111. The predicted octanol–water partition coefficient (Wildman–Crippen LogP) is 3.35. The number of ether oxygens (including phenoxy) is 2. The highest BCUT2D eigenvalue weighted by Crippen LogP contribution is 2.34. The Hall–Kier alpha value is -3.42. The van der Waals surface area contributed by atoms with Gasteiger partial charge in [-0.2, -0.15) is 5.10 Å². The smallest absolute Gasteiger partial charge is 0.276 e. The lowest BCUT2D eigenvalue weighted by atomic mass is 10.1. The van der Waals surface area contributed by atoms with Crippen LogP contribution in [0.2, 0.25) is 0 Å². The zero-order chi connectivity index (χ0) is 18.3. The first-order chi connectivity index (χ1) is 12.5. The van der Waals surface area contributed by atoms with Crippen LogP contribution in [0.4, 0.5) is 14.5 Å². The molecule has 132 valence electrons. The number of carbonyl (C=O) groups is 1. The number of hydrogen-bond acceptors (Lipinski definition) is 4. The Morgan fingerprint density at radius 1 is 1.12 bits per heavy atom. The minimum atomic E-state index is -0.600. The number of nitrogens with one attached hydrogen (secondary N) is 1. The second-order valence-corrected chi connectivity index (χ2v) is 5.68. The van der Waals surface area contributed by atoms with Crippen LogP contribution < -0.4 is 14.8 Å². The lowest BCUT2D eigenvalue weighted by Gasteiger charge is -2.04. The van der Waals surface area contributed by atoms with Gasteiger partial charge in [0.25, 0.3) is 5.91 Å². The van der Waals surface area contributed by atoms with Gasteiger partial charge in [0.2, 0.25) is 6.79 Å². The van der Waals surface area contributed by atoms with Crippen LogP contribution >= 0.6 is 0 Å². The van der Waals surface area contributed by atoms with Crippen molar-refractivity contribution in [2.75, 3.05) is 12.1 Å². The zero-order valence-electron chi connectivity index (χ0n) is 13.6. The predicted molar refractivity (Wildman–Crippen MR) is 89.1 cm³/mol. The molecule has 4 rings (SSSR count). The zero-order valence-corrected chi connectivity index (χ0v) is 13.6. The topological polar surface area (TPSA) is 65.4 Å². The van der Waals surface area contributed by atoms with Gasteiger partial charge in [0.1, 0.15) is 11.6 Å². The number of hydrogen-bond donors (Lipinski definition) is 1. The van der Waals surface area contributed by atoms with Crippen LogP contribution in [-0.4, -0.2) is 22.5 Å². The molecule has 6 nitrogen and oxygen atoms in total. The number of halogens is 2. The molecule has 1 aromatic heterocycles. The first-order valence-electron chi connectivity index (χ1n) is 7.72. The molecule has 0 radical (unpaired) electrons. The Kier molecular flexibility index (Phi) is 3.80. The molecule has 8 heteroatoms. The Bertz CT molecular complexity index is 1020. The lowest BCUT2D eigenvalue weighted by molar-refractivity contribution is 0.102. The second-order valence-electron chi connectivity index (χ2n) is 5.68. The van der Waals surface area contributed by atoms with Crippen LogP contribution in [-0.2, 0) is 7.05 Å². The van der Waals surface area contributed by atoms with Crippen molar-refractivity contribution in [1.82, 2.24) is 9.78 Å². The molecule has 1 amide bonds. The van der Waals surface area contributed by atoms with Crippen molar-refractivity contribution in [2.24, 2.45) is 7.05 Å². The third-order valence-electron chi connectivity index (χ3n) is 3.95. The molecule has 3 aromatic rings. The summed E-state index contributed by atoms with van der Waals surface area (Å²) in [4.78, 5) is 12.4. The molecule has 0 bridgehead atoms. The summed E-state index contributed by atoms with van der Waals surface area (Å²) in [5.41, 5.74) is 0.896. The van der Waals surface area contributed by atoms with Gasteiger partial charge in [-0.25, -0.2) is 8.78 Å². The highest BCUT2D eigenvalue weighted by atomic mass is 19.1. The van der Waals surface area contributed by atoms with E-state index in [1.807, 2.05) is 0 Å². The number of nitrogens with zero attached hydrogens (tertiary/aromatic N) is 2. The minimum Gasteiger partial charge on any atom is -0.454 e. The van der Waals surface area contributed by atoms with Crippen molar-refractivity contribution >= 4 is 11.6 Å². The molecule has 0 spiro atoms. The molecule has 2 heterocycles. The molecular formula is C18H13F2N3O3. The number of aromatic nitrogens is 2. The van der Waals surface area contributed by atoms with E-state index in [-0.39, 0.29) is 23.7 Å². The molecular weight excluding hydrogens is 344 g/mol. The van der Waals surface area contributed by atoms with E-state index >= 15 is 0 Å². The van der Waals surface area contributed by atoms with Crippen LogP contribution in [0.15, 0.2) is 42.5 Å². The summed E-state index contributed by atoms with van der Waals surface area (Å²) in [7, 11) is 1.55. The third-order valence-corrected chi connectivity index (χ3v) is 3.95. The average molecular weight is 357 g/mol. The fourth-order valence-electron chi connectivity index (χ4n) is 2.69. The molecule has 0 fully saturated rings. The molecule has 1 aliphatic rings. The second kappa shape index (κ2) is 6.14. The third kappa shape index (κ3) is 2.85. The van der Waals surface area contributed by atoms with Crippen molar-refractivity contribution in [3.63, 3.8) is 0 Å². The van der Waals surface area contributed by atoms with Gasteiger partial charge >= 0.3 is 0 Å². The number of carbonyl (C=O) groups excluding carboxylic acids is 1. The Morgan fingerprint density at radius 3 is 2.77 bits per heavy atom. The van der Waals surface area contributed by atoms with Crippen molar-refractivity contribution in [3.05, 3.63) is 59.8 Å². The monoisotopic (exact) mass is 357 g/mol. The van der Waals surface area contributed by atoms with Gasteiger partial charge in [-0.15, -0.1) is 0 Å². The van der Waals surface area contributed by atoms with E-state index < -0.39 is 17.5 Å². The Balaban J connectivity index is 1.60. The molecule has 2 aromatic carbocycles. The molecule has 0 saturated carbocycles. The van der Waals surface area contributed by atoms with Crippen LogP contribution in [0.5, 0.6) is 11.5 Å². The maximum absolute atomic E-state index is 14.0. The average Bonchev–Trinajstić information content (AvgIpc) is 3.23. The number of rotatable bonds is 3. The van der Waals surface area contributed by atoms with Gasteiger partial charge < -0.3 is 14.8 Å². The number of anilines is 1. The number of fused-ring (bicyclic) bond motifs is 1. The van der Waals surface area contributed by atoms with Gasteiger partial charge in [0.05, 0.1) is 5.69 Å². The Morgan fingerprint density at radius 2 is 1.92 bits per heavy atom. The Labute approximate surface area is 147 Å². The molecule has 0 unspecified atom stereocenters. The van der Waals surface area contributed by atoms with Crippen molar-refractivity contribution in [3.8, 4) is 22.8 Å². The molecule has 1 N–H and O–H groups in total. The van der Waals surface area contributed by atoms with E-state index in [1.165, 1.54) is 10.7 Å². The maximum atomic E-state index is 14.0. The van der Waals surface area contributed by atoms with Gasteiger partial charge in [-0.3, -0.25) is 9.48 Å². The SMILES string of the molecule is Cn1nc(C(=O)Nc2ccc3c(c2)OCO3)cc1-c1cc(F)ccc1F. The first-order valence-corrected chi connectivity index (χ1v) is 7.72. The molecule has 0 saturated heterocycles. The molecule has 0 aliphatic carbocycles. The van der Waals surface area contributed by atoms with E-state index in [0.717, 1.165) is 18.2 Å². The number of amides is 1. The normalized spacial score (nSPS) is 12.3. The summed E-state index contributed by atoms with van der Waals surface area (Å²) in [5.74, 6) is -0.523. The van der Waals surface area contributed by atoms with Crippen LogP contribution in [0.3, 0.4) is 0 Å². The van der Waals surface area contributed by atoms with Crippen molar-refractivity contribution < 1.29 is 23.0 Å². The van der Waals surface area contributed by atoms with Gasteiger partial charge in [0, 0.05) is 24.4 Å². The van der Waals surface area contributed by atoms with Crippen LogP contribution in [0.1, 0.15) is 10.5 Å². The van der Waals surface area contributed by atoms with E-state index in [4.69, 9.17) is 9.47 Å². The highest BCUT2D eigenvalue weighted by Gasteiger charge is 2.18. The summed E-state index contributed by atoms with van der Waals surface area (Å²) in [6.07, 6.45) is 0. The van der Waals surface area contributed by atoms with Gasteiger partial charge in [-0.1, -0.05) is 0 Å². The molecule has 0 atom stereocenters. The quantitative estimate of drug-likeness (QED) is 0.781. The fourth-order valence-corrected chi connectivity index (χ4v) is 2.69. The molecule has 26 heavy (non-hydrogen) atoms. The standard InChI is InChI=1S/C18H13F2N3O3/c1-23-15(12-6-10(19)2-4-13(12)20)8-14(22-23)18(24)21-11-3-5-16-17(7-11)26-9-25-16/h2-8H,9H2,1H3,(H,21,24). The number of benzene rings is 2. The largest absolute Gasteiger partial charge is 0.454 e. The van der Waals surface area contributed by atoms with Gasteiger partial charge in [-0.05, 0) is 36.4 Å². The van der Waals surface area contributed by atoms with Crippen molar-refractivity contribution in [1.29, 1.82) is 0 Å². The highest BCUT2D eigenvalue weighted by molar-refractivity contribution is 6.03.